The van der Waals surface area contributed by atoms with Crippen LogP contribution >= 0.6 is 0 Å². The molecule has 17 heavy (non-hydrogen) atoms. The highest BCUT2D eigenvalue weighted by Crippen LogP contribution is 2.27. The molecule has 1 aromatic rings. The Hall–Kier alpha value is -1.05. The van der Waals surface area contributed by atoms with Crippen molar-refractivity contribution in [2.45, 2.75) is 52.5 Å². The van der Waals surface area contributed by atoms with E-state index in [9.17, 15) is 0 Å². The van der Waals surface area contributed by atoms with Crippen LogP contribution in [0.2, 0.25) is 0 Å². The number of pyridine rings is 1. The van der Waals surface area contributed by atoms with Gasteiger partial charge in [0, 0.05) is 18.3 Å². The van der Waals surface area contributed by atoms with E-state index in [0.717, 1.165) is 5.92 Å². The molecular weight excluding hydrogens is 208 g/mol. The van der Waals surface area contributed by atoms with Crippen molar-refractivity contribution >= 4 is 5.69 Å². The number of hydrogen-bond donors (Lipinski definition) is 0. The summed E-state index contributed by atoms with van der Waals surface area (Å²) < 4.78 is 0. The summed E-state index contributed by atoms with van der Waals surface area (Å²) in [6, 6.07) is 5.06. The Balaban J connectivity index is 2.15. The van der Waals surface area contributed by atoms with Crippen LogP contribution in [0.15, 0.2) is 18.3 Å². The van der Waals surface area contributed by atoms with Crippen LogP contribution in [-0.4, -0.2) is 17.6 Å². The summed E-state index contributed by atoms with van der Waals surface area (Å²) in [5, 5.41) is 0. The molecule has 0 aliphatic carbocycles. The number of anilines is 1. The Morgan fingerprint density at radius 3 is 2.59 bits per heavy atom. The molecule has 0 amide bonds. The predicted octanol–water partition coefficient (Wildman–Crippen LogP) is 3.83. The van der Waals surface area contributed by atoms with E-state index < -0.39 is 0 Å². The van der Waals surface area contributed by atoms with Crippen molar-refractivity contribution < 1.29 is 0 Å². The van der Waals surface area contributed by atoms with E-state index >= 15 is 0 Å². The van der Waals surface area contributed by atoms with Crippen molar-refractivity contribution in [2.24, 2.45) is 5.92 Å². The number of nitrogens with zero attached hydrogens (tertiary/aromatic N) is 2. The highest BCUT2D eigenvalue weighted by molar-refractivity contribution is 5.46. The first-order chi connectivity index (χ1) is 8.08. The maximum atomic E-state index is 4.57. The van der Waals surface area contributed by atoms with Gasteiger partial charge in [0.2, 0.25) is 0 Å². The zero-order chi connectivity index (χ0) is 12.4. The summed E-state index contributed by atoms with van der Waals surface area (Å²) >= 11 is 0. The van der Waals surface area contributed by atoms with Crippen molar-refractivity contribution in [1.82, 2.24) is 4.98 Å². The summed E-state index contributed by atoms with van der Waals surface area (Å²) in [4.78, 5) is 7.08. The van der Waals surface area contributed by atoms with Gasteiger partial charge in [0.15, 0.2) is 0 Å². The molecule has 2 rings (SSSR count). The summed E-state index contributed by atoms with van der Waals surface area (Å²) in [5.74, 6) is 1.32. The van der Waals surface area contributed by atoms with Crippen LogP contribution in [0.4, 0.5) is 5.69 Å². The average Bonchev–Trinajstić information content (AvgIpc) is 2.32. The summed E-state index contributed by atoms with van der Waals surface area (Å²) in [6.45, 7) is 10.2. The first kappa shape index (κ1) is 12.4. The van der Waals surface area contributed by atoms with Crippen molar-refractivity contribution in [1.29, 1.82) is 0 Å². The highest BCUT2D eigenvalue weighted by atomic mass is 15.2. The Bertz CT molecular complexity index is 356. The molecule has 94 valence electrons. The van der Waals surface area contributed by atoms with Gasteiger partial charge < -0.3 is 4.90 Å². The minimum atomic E-state index is 0.516. The van der Waals surface area contributed by atoms with E-state index in [0.29, 0.717) is 12.0 Å². The predicted molar refractivity (Wildman–Crippen MR) is 73.5 cm³/mol. The molecule has 1 aliphatic rings. The normalized spacial score (nSPS) is 25.4. The van der Waals surface area contributed by atoms with Crippen LogP contribution in [-0.2, 0) is 0 Å². The number of hydrogen-bond acceptors (Lipinski definition) is 2. The van der Waals surface area contributed by atoms with E-state index in [1.54, 1.807) is 0 Å². The van der Waals surface area contributed by atoms with Crippen LogP contribution < -0.4 is 4.90 Å². The second-order valence-corrected chi connectivity index (χ2v) is 5.78. The first-order valence-electron chi connectivity index (χ1n) is 6.80. The van der Waals surface area contributed by atoms with Gasteiger partial charge in [0.05, 0.1) is 11.9 Å². The topological polar surface area (TPSA) is 16.1 Å². The quantitative estimate of drug-likeness (QED) is 0.770. The fourth-order valence-corrected chi connectivity index (χ4v) is 2.56. The zero-order valence-corrected chi connectivity index (χ0v) is 11.5. The molecular formula is C15H24N2. The van der Waals surface area contributed by atoms with Gasteiger partial charge in [-0.05, 0) is 43.7 Å². The Morgan fingerprint density at radius 2 is 2.00 bits per heavy atom. The Labute approximate surface area is 105 Å². The second kappa shape index (κ2) is 5.07. The lowest BCUT2D eigenvalue weighted by Crippen LogP contribution is -2.41. The van der Waals surface area contributed by atoms with Crippen molar-refractivity contribution in [3.8, 4) is 0 Å². The monoisotopic (exact) mass is 232 g/mol. The summed E-state index contributed by atoms with van der Waals surface area (Å²) in [6.07, 6.45) is 4.70. The third-order valence-electron chi connectivity index (χ3n) is 3.81. The third kappa shape index (κ3) is 2.80. The minimum Gasteiger partial charge on any atom is -0.367 e. The maximum absolute atomic E-state index is 4.57. The fraction of sp³-hybridized carbons (Fsp3) is 0.667. The van der Waals surface area contributed by atoms with Gasteiger partial charge in [0.1, 0.15) is 0 Å². The van der Waals surface area contributed by atoms with Gasteiger partial charge in [-0.3, -0.25) is 4.98 Å². The van der Waals surface area contributed by atoms with E-state index in [1.165, 1.54) is 30.8 Å². The van der Waals surface area contributed by atoms with Gasteiger partial charge in [-0.2, -0.15) is 0 Å². The minimum absolute atomic E-state index is 0.516. The number of rotatable bonds is 2. The lowest BCUT2D eigenvalue weighted by molar-refractivity contribution is 0.390. The highest BCUT2D eigenvalue weighted by Gasteiger charge is 2.23. The molecule has 0 saturated carbocycles. The second-order valence-electron chi connectivity index (χ2n) is 5.78. The van der Waals surface area contributed by atoms with Gasteiger partial charge in [-0.1, -0.05) is 20.8 Å². The fourth-order valence-electron chi connectivity index (χ4n) is 2.56. The third-order valence-corrected chi connectivity index (χ3v) is 3.81. The maximum Gasteiger partial charge on any atom is 0.0555 e. The molecule has 0 N–H and O–H groups in total. The first-order valence-corrected chi connectivity index (χ1v) is 6.80. The van der Waals surface area contributed by atoms with Crippen LogP contribution in [0, 0.1) is 5.92 Å². The van der Waals surface area contributed by atoms with Crippen LogP contribution in [0.1, 0.15) is 52.1 Å². The molecule has 2 nitrogen and oxygen atoms in total. The largest absolute Gasteiger partial charge is 0.367 e. The van der Waals surface area contributed by atoms with E-state index in [-0.39, 0.29) is 0 Å². The molecule has 0 spiro atoms. The molecule has 1 unspecified atom stereocenters. The van der Waals surface area contributed by atoms with E-state index in [1.807, 2.05) is 6.20 Å². The van der Waals surface area contributed by atoms with Gasteiger partial charge >= 0.3 is 0 Å². The SMILES string of the molecule is CC1CC[C@H](C)N(c2ccc(C(C)C)nc2)C1. The lowest BCUT2D eigenvalue weighted by Gasteiger charge is -2.38. The van der Waals surface area contributed by atoms with E-state index in [2.05, 4.69) is 49.7 Å². The Morgan fingerprint density at radius 1 is 1.24 bits per heavy atom. The van der Waals surface area contributed by atoms with Crippen LogP contribution in [0.25, 0.3) is 0 Å². The molecule has 1 aliphatic heterocycles. The summed E-state index contributed by atoms with van der Waals surface area (Å²) in [7, 11) is 0. The van der Waals surface area contributed by atoms with Crippen LogP contribution in [0.3, 0.4) is 0 Å². The van der Waals surface area contributed by atoms with Crippen molar-refractivity contribution in [2.75, 3.05) is 11.4 Å². The molecule has 2 atom stereocenters. The van der Waals surface area contributed by atoms with Crippen molar-refractivity contribution in [3.63, 3.8) is 0 Å². The number of aromatic nitrogens is 1. The molecule has 2 heterocycles. The summed E-state index contributed by atoms with van der Waals surface area (Å²) in [5.41, 5.74) is 2.47. The smallest absolute Gasteiger partial charge is 0.0555 e. The van der Waals surface area contributed by atoms with Gasteiger partial charge in [-0.25, -0.2) is 0 Å². The van der Waals surface area contributed by atoms with Crippen molar-refractivity contribution in [3.05, 3.63) is 24.0 Å². The molecule has 1 fully saturated rings. The lowest BCUT2D eigenvalue weighted by atomic mass is 9.94. The molecule has 1 aromatic heterocycles. The Kier molecular flexibility index (Phi) is 3.70. The molecule has 0 bridgehead atoms. The zero-order valence-electron chi connectivity index (χ0n) is 11.5. The molecule has 2 heteroatoms. The standard InChI is InChI=1S/C15H24N2/c1-11(2)15-8-7-14(9-16-15)17-10-12(3)5-6-13(17)4/h7-9,11-13H,5-6,10H2,1-4H3/t12?,13-/m0/s1. The van der Waals surface area contributed by atoms with Crippen LogP contribution in [0.5, 0.6) is 0 Å². The van der Waals surface area contributed by atoms with E-state index in [4.69, 9.17) is 0 Å². The van der Waals surface area contributed by atoms with Gasteiger partial charge in [-0.15, -0.1) is 0 Å². The molecule has 0 aromatic carbocycles. The molecule has 1 saturated heterocycles. The number of piperidine rings is 1. The molecule has 0 radical (unpaired) electrons. The van der Waals surface area contributed by atoms with Gasteiger partial charge in [0.25, 0.3) is 0 Å². The average molecular weight is 232 g/mol.